The quantitative estimate of drug-likeness (QED) is 0.824. The van der Waals surface area contributed by atoms with Crippen LogP contribution in [0, 0.1) is 0 Å². The second-order valence-electron chi connectivity index (χ2n) is 2.62. The first kappa shape index (κ1) is 10.5. The molecule has 0 unspecified atom stereocenters. The molecule has 0 aliphatic rings. The van der Waals surface area contributed by atoms with Crippen molar-refractivity contribution in [2.75, 3.05) is 0 Å². The van der Waals surface area contributed by atoms with Gasteiger partial charge in [-0.2, -0.15) is 10.1 Å². The standard InChI is InChI=1S/C7H4Br2N4O2/c8-4-1-11-13(7(14)6(4)9)2-5-10-3-15-12-5/h1,3H,2H2. The number of rotatable bonds is 2. The van der Waals surface area contributed by atoms with Crippen molar-refractivity contribution >= 4 is 31.9 Å². The van der Waals surface area contributed by atoms with Gasteiger partial charge in [0.2, 0.25) is 6.39 Å². The fourth-order valence-electron chi connectivity index (χ4n) is 0.954. The summed E-state index contributed by atoms with van der Waals surface area (Å²) < 4.78 is 6.82. The Morgan fingerprint density at radius 2 is 2.27 bits per heavy atom. The van der Waals surface area contributed by atoms with Crippen LogP contribution < -0.4 is 5.56 Å². The minimum absolute atomic E-state index is 0.182. The van der Waals surface area contributed by atoms with Crippen molar-refractivity contribution in [2.24, 2.45) is 0 Å². The molecule has 2 heterocycles. The average molecular weight is 336 g/mol. The lowest BCUT2D eigenvalue weighted by Gasteiger charge is -2.01. The minimum atomic E-state index is -0.255. The zero-order chi connectivity index (χ0) is 10.8. The Morgan fingerprint density at radius 3 is 2.93 bits per heavy atom. The molecule has 0 aliphatic carbocycles. The van der Waals surface area contributed by atoms with Gasteiger partial charge >= 0.3 is 0 Å². The molecular weight excluding hydrogens is 332 g/mol. The molecule has 15 heavy (non-hydrogen) atoms. The molecule has 0 spiro atoms. The maximum atomic E-state index is 11.7. The molecular formula is C7H4Br2N4O2. The van der Waals surface area contributed by atoms with Crippen LogP contribution in [0.15, 0.2) is 30.9 Å². The Morgan fingerprint density at radius 1 is 1.47 bits per heavy atom. The molecule has 6 nitrogen and oxygen atoms in total. The number of nitrogens with zero attached hydrogens (tertiary/aromatic N) is 4. The summed E-state index contributed by atoms with van der Waals surface area (Å²) >= 11 is 6.34. The fourth-order valence-corrected chi connectivity index (χ4v) is 1.52. The van der Waals surface area contributed by atoms with Crippen LogP contribution in [0.25, 0.3) is 0 Å². The van der Waals surface area contributed by atoms with Crippen LogP contribution in [0.5, 0.6) is 0 Å². The molecule has 0 amide bonds. The number of hydrogen-bond acceptors (Lipinski definition) is 5. The van der Waals surface area contributed by atoms with Crippen LogP contribution >= 0.6 is 31.9 Å². The molecule has 0 N–H and O–H groups in total. The normalized spacial score (nSPS) is 10.5. The van der Waals surface area contributed by atoms with E-state index in [0.717, 1.165) is 0 Å². The van der Waals surface area contributed by atoms with Gasteiger partial charge in [0.25, 0.3) is 5.56 Å². The van der Waals surface area contributed by atoms with Gasteiger partial charge in [-0.05, 0) is 31.9 Å². The highest BCUT2D eigenvalue weighted by atomic mass is 79.9. The lowest BCUT2D eigenvalue weighted by atomic mass is 10.5. The first-order valence-electron chi connectivity index (χ1n) is 3.85. The average Bonchev–Trinajstić information content (AvgIpc) is 2.72. The third-order valence-corrected chi connectivity index (χ3v) is 3.54. The van der Waals surface area contributed by atoms with Crippen LogP contribution in [0.4, 0.5) is 0 Å². The van der Waals surface area contributed by atoms with Gasteiger partial charge in [0.1, 0.15) is 11.0 Å². The lowest BCUT2D eigenvalue weighted by Crippen LogP contribution is -2.24. The Bertz CT molecular complexity index is 522. The summed E-state index contributed by atoms with van der Waals surface area (Å²) in [5.41, 5.74) is -0.255. The molecule has 0 aliphatic heterocycles. The molecule has 0 radical (unpaired) electrons. The minimum Gasteiger partial charge on any atom is -0.343 e. The summed E-state index contributed by atoms with van der Waals surface area (Å²) in [4.78, 5) is 15.5. The van der Waals surface area contributed by atoms with E-state index in [1.54, 1.807) is 0 Å². The van der Waals surface area contributed by atoms with Crippen LogP contribution in [-0.4, -0.2) is 19.9 Å². The summed E-state index contributed by atoms with van der Waals surface area (Å²) in [6.07, 6.45) is 2.72. The highest BCUT2D eigenvalue weighted by Crippen LogP contribution is 2.16. The summed E-state index contributed by atoms with van der Waals surface area (Å²) in [6.45, 7) is 0.182. The monoisotopic (exact) mass is 334 g/mol. The smallest absolute Gasteiger partial charge is 0.282 e. The van der Waals surface area contributed by atoms with Gasteiger partial charge in [0, 0.05) is 0 Å². The van der Waals surface area contributed by atoms with E-state index in [-0.39, 0.29) is 12.1 Å². The summed E-state index contributed by atoms with van der Waals surface area (Å²) in [7, 11) is 0. The van der Waals surface area contributed by atoms with E-state index in [0.29, 0.717) is 14.8 Å². The lowest BCUT2D eigenvalue weighted by molar-refractivity contribution is 0.406. The largest absolute Gasteiger partial charge is 0.343 e. The SMILES string of the molecule is O=c1c(Br)c(Br)cnn1Cc1ncon1. The van der Waals surface area contributed by atoms with Gasteiger partial charge in [-0.3, -0.25) is 4.79 Å². The maximum absolute atomic E-state index is 11.7. The van der Waals surface area contributed by atoms with Crippen LogP contribution in [-0.2, 0) is 6.54 Å². The van der Waals surface area contributed by atoms with Crippen LogP contribution in [0.2, 0.25) is 0 Å². The van der Waals surface area contributed by atoms with E-state index in [2.05, 4.69) is 51.6 Å². The van der Waals surface area contributed by atoms with Gasteiger partial charge in [-0.1, -0.05) is 5.16 Å². The molecule has 2 aromatic heterocycles. The molecule has 78 valence electrons. The predicted octanol–water partition coefficient (Wildman–Crippen LogP) is 1.20. The van der Waals surface area contributed by atoms with E-state index < -0.39 is 0 Å². The van der Waals surface area contributed by atoms with Gasteiger partial charge < -0.3 is 4.52 Å². The van der Waals surface area contributed by atoms with Crippen molar-refractivity contribution in [3.8, 4) is 0 Å². The number of hydrogen-bond donors (Lipinski definition) is 0. The Balaban J connectivity index is 2.38. The van der Waals surface area contributed by atoms with Crippen molar-refractivity contribution < 1.29 is 4.52 Å². The van der Waals surface area contributed by atoms with E-state index in [9.17, 15) is 4.79 Å². The van der Waals surface area contributed by atoms with Gasteiger partial charge in [0.05, 0.1) is 10.7 Å². The van der Waals surface area contributed by atoms with Crippen molar-refractivity contribution in [3.63, 3.8) is 0 Å². The van der Waals surface area contributed by atoms with Gasteiger partial charge in [-0.15, -0.1) is 0 Å². The van der Waals surface area contributed by atoms with E-state index >= 15 is 0 Å². The third-order valence-electron chi connectivity index (χ3n) is 1.64. The second kappa shape index (κ2) is 4.23. The Kier molecular flexibility index (Phi) is 2.96. The van der Waals surface area contributed by atoms with Gasteiger partial charge in [0.15, 0.2) is 5.82 Å². The molecule has 0 aromatic carbocycles. The predicted molar refractivity (Wildman–Crippen MR) is 57.3 cm³/mol. The van der Waals surface area contributed by atoms with E-state index in [4.69, 9.17) is 0 Å². The number of halogens is 2. The first-order valence-corrected chi connectivity index (χ1v) is 5.43. The zero-order valence-corrected chi connectivity index (χ0v) is 10.4. The third kappa shape index (κ3) is 2.15. The first-order chi connectivity index (χ1) is 7.18. The summed E-state index contributed by atoms with van der Waals surface area (Å²) in [5, 5.41) is 7.51. The summed E-state index contributed by atoms with van der Waals surface area (Å²) in [6, 6.07) is 0. The van der Waals surface area contributed by atoms with E-state index in [1.807, 2.05) is 0 Å². The molecule has 0 atom stereocenters. The van der Waals surface area contributed by atoms with Crippen molar-refractivity contribution in [2.45, 2.75) is 6.54 Å². The van der Waals surface area contributed by atoms with Gasteiger partial charge in [-0.25, -0.2) is 4.68 Å². The van der Waals surface area contributed by atoms with Crippen LogP contribution in [0.3, 0.4) is 0 Å². The topological polar surface area (TPSA) is 73.8 Å². The van der Waals surface area contributed by atoms with Crippen LogP contribution in [0.1, 0.15) is 5.82 Å². The van der Waals surface area contributed by atoms with E-state index in [1.165, 1.54) is 17.3 Å². The zero-order valence-electron chi connectivity index (χ0n) is 7.22. The molecule has 2 aromatic rings. The molecule has 2 rings (SSSR count). The molecule has 0 fully saturated rings. The van der Waals surface area contributed by atoms with Crippen molar-refractivity contribution in [3.05, 3.63) is 37.7 Å². The highest BCUT2D eigenvalue weighted by molar-refractivity contribution is 9.13. The highest BCUT2D eigenvalue weighted by Gasteiger charge is 2.08. The molecule has 0 saturated carbocycles. The fraction of sp³-hybridized carbons (Fsp3) is 0.143. The Hall–Kier alpha value is -1.02. The molecule has 8 heteroatoms. The number of aromatic nitrogens is 4. The molecule has 0 bridgehead atoms. The second-order valence-corrected chi connectivity index (χ2v) is 4.26. The van der Waals surface area contributed by atoms with Crippen molar-refractivity contribution in [1.29, 1.82) is 0 Å². The molecule has 0 saturated heterocycles. The summed E-state index contributed by atoms with van der Waals surface area (Å²) in [5.74, 6) is 0.402. The Labute approximate surface area is 101 Å². The maximum Gasteiger partial charge on any atom is 0.282 e. The van der Waals surface area contributed by atoms with Crippen molar-refractivity contribution in [1.82, 2.24) is 19.9 Å².